The highest BCUT2D eigenvalue weighted by Gasteiger charge is 2.30. The fourth-order valence-corrected chi connectivity index (χ4v) is 2.74. The van der Waals surface area contributed by atoms with Gasteiger partial charge in [-0.25, -0.2) is 0 Å². The SMILES string of the molecule is NC(Cc1ccc(Br)cc1Cl)c1cccc(C(F)(F)F)c1. The Hall–Kier alpha value is -1.04. The van der Waals surface area contributed by atoms with E-state index in [9.17, 15) is 13.2 Å². The van der Waals surface area contributed by atoms with Crippen molar-refractivity contribution >= 4 is 27.5 Å². The Labute approximate surface area is 134 Å². The Morgan fingerprint density at radius 3 is 2.48 bits per heavy atom. The van der Waals surface area contributed by atoms with Crippen LogP contribution >= 0.6 is 27.5 Å². The number of hydrogen-bond donors (Lipinski definition) is 1. The molecule has 2 aromatic rings. The summed E-state index contributed by atoms with van der Waals surface area (Å²) in [5, 5.41) is 0.534. The van der Waals surface area contributed by atoms with Gasteiger partial charge in [0, 0.05) is 15.5 Å². The molecule has 6 heteroatoms. The zero-order chi connectivity index (χ0) is 15.6. The number of nitrogens with two attached hydrogens (primary N) is 1. The first-order valence-corrected chi connectivity index (χ1v) is 7.31. The number of halogens is 5. The predicted molar refractivity (Wildman–Crippen MR) is 81.2 cm³/mol. The lowest BCUT2D eigenvalue weighted by Gasteiger charge is -2.15. The van der Waals surface area contributed by atoms with Crippen molar-refractivity contribution in [3.63, 3.8) is 0 Å². The molecule has 2 N–H and O–H groups in total. The molecule has 2 rings (SSSR count). The van der Waals surface area contributed by atoms with E-state index in [1.54, 1.807) is 18.2 Å². The van der Waals surface area contributed by atoms with Crippen molar-refractivity contribution in [2.24, 2.45) is 5.73 Å². The third kappa shape index (κ3) is 4.22. The molecule has 0 heterocycles. The van der Waals surface area contributed by atoms with E-state index < -0.39 is 17.8 Å². The molecule has 0 saturated carbocycles. The molecule has 1 nitrogen and oxygen atoms in total. The third-order valence-electron chi connectivity index (χ3n) is 3.10. The molecule has 0 aliphatic heterocycles. The second kappa shape index (κ2) is 6.38. The zero-order valence-electron chi connectivity index (χ0n) is 10.8. The topological polar surface area (TPSA) is 26.0 Å². The maximum Gasteiger partial charge on any atom is 0.416 e. The Balaban J connectivity index is 2.22. The molecule has 2 aromatic carbocycles. The van der Waals surface area contributed by atoms with Crippen LogP contribution in [0.25, 0.3) is 0 Å². The van der Waals surface area contributed by atoms with Gasteiger partial charge in [-0.3, -0.25) is 0 Å². The summed E-state index contributed by atoms with van der Waals surface area (Å²) in [4.78, 5) is 0. The molecule has 0 bridgehead atoms. The molecule has 0 aliphatic carbocycles. The second-order valence-corrected chi connectivity index (χ2v) is 5.99. The van der Waals surface area contributed by atoms with Crippen LogP contribution in [0.4, 0.5) is 13.2 Å². The van der Waals surface area contributed by atoms with Gasteiger partial charge in [0.25, 0.3) is 0 Å². The van der Waals surface area contributed by atoms with Crippen LogP contribution in [0.3, 0.4) is 0 Å². The number of rotatable bonds is 3. The average Bonchev–Trinajstić information content (AvgIpc) is 2.41. The van der Waals surface area contributed by atoms with E-state index in [1.807, 2.05) is 6.07 Å². The summed E-state index contributed by atoms with van der Waals surface area (Å²) in [6, 6.07) is 9.87. The van der Waals surface area contributed by atoms with Gasteiger partial charge in [0.2, 0.25) is 0 Å². The van der Waals surface area contributed by atoms with Crippen molar-refractivity contribution in [2.75, 3.05) is 0 Å². The minimum atomic E-state index is -4.37. The molecule has 0 amide bonds. The van der Waals surface area contributed by atoms with Gasteiger partial charge in [0.15, 0.2) is 0 Å². The summed E-state index contributed by atoms with van der Waals surface area (Å²) in [7, 11) is 0. The highest BCUT2D eigenvalue weighted by atomic mass is 79.9. The Kier molecular flexibility index (Phi) is 4.96. The molecule has 0 aromatic heterocycles. The van der Waals surface area contributed by atoms with Crippen molar-refractivity contribution in [1.29, 1.82) is 0 Å². The van der Waals surface area contributed by atoms with Gasteiger partial charge in [-0.05, 0) is 41.8 Å². The molecule has 1 atom stereocenters. The van der Waals surface area contributed by atoms with Crippen molar-refractivity contribution in [3.05, 3.63) is 68.7 Å². The molecule has 0 spiro atoms. The maximum atomic E-state index is 12.7. The summed E-state index contributed by atoms with van der Waals surface area (Å²) in [5.41, 5.74) is 6.54. The van der Waals surface area contributed by atoms with E-state index in [1.165, 1.54) is 6.07 Å². The minimum absolute atomic E-state index is 0.368. The van der Waals surface area contributed by atoms with E-state index in [0.717, 1.165) is 22.2 Å². The van der Waals surface area contributed by atoms with Gasteiger partial charge < -0.3 is 5.73 Å². The first-order valence-electron chi connectivity index (χ1n) is 6.14. The summed E-state index contributed by atoms with van der Waals surface area (Å²) < 4.78 is 38.9. The van der Waals surface area contributed by atoms with E-state index >= 15 is 0 Å². The lowest BCUT2D eigenvalue weighted by Crippen LogP contribution is -2.15. The fourth-order valence-electron chi connectivity index (χ4n) is 1.99. The monoisotopic (exact) mass is 377 g/mol. The van der Waals surface area contributed by atoms with Crippen LogP contribution < -0.4 is 5.73 Å². The smallest absolute Gasteiger partial charge is 0.324 e. The second-order valence-electron chi connectivity index (χ2n) is 4.67. The van der Waals surface area contributed by atoms with Crippen LogP contribution in [0.15, 0.2) is 46.9 Å². The van der Waals surface area contributed by atoms with E-state index in [-0.39, 0.29) is 0 Å². The number of hydrogen-bond acceptors (Lipinski definition) is 1. The molecule has 112 valence electrons. The molecule has 0 saturated heterocycles. The van der Waals surface area contributed by atoms with Gasteiger partial charge >= 0.3 is 6.18 Å². The summed E-state index contributed by atoms with van der Waals surface area (Å²) in [6.07, 6.45) is -4.00. The largest absolute Gasteiger partial charge is 0.416 e. The summed E-state index contributed by atoms with van der Waals surface area (Å²) >= 11 is 9.40. The van der Waals surface area contributed by atoms with Gasteiger partial charge in [-0.2, -0.15) is 13.2 Å². The van der Waals surface area contributed by atoms with Crippen molar-refractivity contribution in [3.8, 4) is 0 Å². The van der Waals surface area contributed by atoms with Crippen molar-refractivity contribution < 1.29 is 13.2 Å². The standard InChI is InChI=1S/C15H12BrClF3N/c16-12-5-4-9(13(17)8-12)7-14(21)10-2-1-3-11(6-10)15(18,19)20/h1-6,8,14H,7,21H2. The third-order valence-corrected chi connectivity index (χ3v) is 3.94. The zero-order valence-corrected chi connectivity index (χ0v) is 13.1. The van der Waals surface area contributed by atoms with E-state index in [2.05, 4.69) is 15.9 Å². The van der Waals surface area contributed by atoms with Crippen LogP contribution in [-0.4, -0.2) is 0 Å². The summed E-state index contributed by atoms with van der Waals surface area (Å²) in [5.74, 6) is 0. The van der Waals surface area contributed by atoms with Crippen molar-refractivity contribution in [2.45, 2.75) is 18.6 Å². The normalized spacial score (nSPS) is 13.2. The predicted octanol–water partition coefficient (Wildman–Crippen LogP) is 5.36. The Morgan fingerprint density at radius 1 is 1.14 bits per heavy atom. The lowest BCUT2D eigenvalue weighted by atomic mass is 9.98. The maximum absolute atomic E-state index is 12.7. The number of benzene rings is 2. The molecular formula is C15H12BrClF3N. The quantitative estimate of drug-likeness (QED) is 0.764. The molecular weight excluding hydrogens is 367 g/mol. The highest BCUT2D eigenvalue weighted by molar-refractivity contribution is 9.10. The van der Waals surface area contributed by atoms with Crippen LogP contribution in [0, 0.1) is 0 Å². The van der Waals surface area contributed by atoms with E-state index in [0.29, 0.717) is 17.0 Å². The minimum Gasteiger partial charge on any atom is -0.324 e. The van der Waals surface area contributed by atoms with Gasteiger partial charge in [-0.15, -0.1) is 0 Å². The van der Waals surface area contributed by atoms with Crippen LogP contribution in [-0.2, 0) is 12.6 Å². The molecule has 0 fully saturated rings. The molecule has 21 heavy (non-hydrogen) atoms. The van der Waals surface area contributed by atoms with Gasteiger partial charge in [0.05, 0.1) is 5.56 Å². The average molecular weight is 379 g/mol. The fraction of sp³-hybridized carbons (Fsp3) is 0.200. The van der Waals surface area contributed by atoms with Crippen LogP contribution in [0.1, 0.15) is 22.7 Å². The first kappa shape index (κ1) is 16.3. The lowest BCUT2D eigenvalue weighted by molar-refractivity contribution is -0.137. The highest BCUT2D eigenvalue weighted by Crippen LogP contribution is 2.31. The van der Waals surface area contributed by atoms with Crippen LogP contribution in [0.5, 0.6) is 0 Å². The molecule has 0 radical (unpaired) electrons. The van der Waals surface area contributed by atoms with Gasteiger partial charge in [0.1, 0.15) is 0 Å². The van der Waals surface area contributed by atoms with E-state index in [4.69, 9.17) is 17.3 Å². The summed E-state index contributed by atoms with van der Waals surface area (Å²) in [6.45, 7) is 0. The Morgan fingerprint density at radius 2 is 1.86 bits per heavy atom. The van der Waals surface area contributed by atoms with Crippen molar-refractivity contribution in [1.82, 2.24) is 0 Å². The molecule has 1 unspecified atom stereocenters. The van der Waals surface area contributed by atoms with Crippen LogP contribution in [0.2, 0.25) is 5.02 Å². The first-order chi connectivity index (χ1) is 9.77. The number of alkyl halides is 3. The molecule has 0 aliphatic rings. The van der Waals surface area contributed by atoms with Gasteiger partial charge in [-0.1, -0.05) is 45.7 Å². The Bertz CT molecular complexity index is 643.